The van der Waals surface area contributed by atoms with Crippen molar-refractivity contribution in [1.82, 2.24) is 25.1 Å². The van der Waals surface area contributed by atoms with Crippen LogP contribution in [0.5, 0.6) is 0 Å². The van der Waals surface area contributed by atoms with Gasteiger partial charge in [-0.05, 0) is 48.0 Å². The van der Waals surface area contributed by atoms with E-state index in [1.807, 2.05) is 4.90 Å². The van der Waals surface area contributed by atoms with Crippen LogP contribution in [0.3, 0.4) is 0 Å². The molecule has 0 saturated carbocycles. The van der Waals surface area contributed by atoms with Gasteiger partial charge in [0.25, 0.3) is 0 Å². The Bertz CT molecular complexity index is 1030. The lowest BCUT2D eigenvalue weighted by Gasteiger charge is -2.36. The SMILES string of the molecule is Cc1cc(-c2nnn(CC(=O)N3CCN(c4ccccc4F)CC3)n2)ccc1F. The molecule has 0 bridgehead atoms. The van der Waals surface area contributed by atoms with Crippen molar-refractivity contribution >= 4 is 11.6 Å². The number of hydrogen-bond donors (Lipinski definition) is 0. The number of para-hydroxylation sites is 1. The summed E-state index contributed by atoms with van der Waals surface area (Å²) in [5, 5.41) is 12.1. The Morgan fingerprint density at radius 2 is 1.79 bits per heavy atom. The third kappa shape index (κ3) is 4.08. The van der Waals surface area contributed by atoms with Gasteiger partial charge in [-0.1, -0.05) is 12.1 Å². The van der Waals surface area contributed by atoms with Crippen molar-refractivity contribution in [3.8, 4) is 11.4 Å². The number of aromatic nitrogens is 4. The van der Waals surface area contributed by atoms with Crippen molar-refractivity contribution in [1.29, 1.82) is 0 Å². The minimum absolute atomic E-state index is 0.0348. The molecule has 1 aliphatic heterocycles. The molecule has 1 aliphatic rings. The molecule has 9 heteroatoms. The molecule has 29 heavy (non-hydrogen) atoms. The Balaban J connectivity index is 1.36. The number of nitrogens with zero attached hydrogens (tertiary/aromatic N) is 6. The summed E-state index contributed by atoms with van der Waals surface area (Å²) in [5.74, 6) is -0.351. The molecule has 0 unspecified atom stereocenters. The van der Waals surface area contributed by atoms with E-state index >= 15 is 0 Å². The molecule has 150 valence electrons. The molecule has 4 rings (SSSR count). The maximum absolute atomic E-state index is 13.9. The first-order valence-electron chi connectivity index (χ1n) is 9.33. The average Bonchev–Trinajstić information content (AvgIpc) is 3.19. The fourth-order valence-electron chi connectivity index (χ4n) is 3.34. The first-order valence-corrected chi connectivity index (χ1v) is 9.33. The minimum Gasteiger partial charge on any atom is -0.366 e. The molecule has 3 aromatic rings. The number of benzene rings is 2. The topological polar surface area (TPSA) is 67.2 Å². The third-order valence-corrected chi connectivity index (χ3v) is 4.97. The molecule has 2 aromatic carbocycles. The van der Waals surface area contributed by atoms with E-state index in [9.17, 15) is 13.6 Å². The van der Waals surface area contributed by atoms with Crippen molar-refractivity contribution in [2.45, 2.75) is 13.5 Å². The number of tetrazole rings is 1. The van der Waals surface area contributed by atoms with Gasteiger partial charge in [0.2, 0.25) is 11.7 Å². The molecule has 0 radical (unpaired) electrons. The Kier molecular flexibility index (Phi) is 5.20. The predicted molar refractivity (Wildman–Crippen MR) is 103 cm³/mol. The van der Waals surface area contributed by atoms with Gasteiger partial charge >= 0.3 is 0 Å². The van der Waals surface area contributed by atoms with Crippen LogP contribution in [-0.2, 0) is 11.3 Å². The van der Waals surface area contributed by atoms with Crippen LogP contribution in [0.15, 0.2) is 42.5 Å². The quantitative estimate of drug-likeness (QED) is 0.675. The van der Waals surface area contributed by atoms with Gasteiger partial charge in [-0.25, -0.2) is 8.78 Å². The summed E-state index contributed by atoms with van der Waals surface area (Å²) >= 11 is 0. The first kappa shape index (κ1) is 19.0. The lowest BCUT2D eigenvalue weighted by atomic mass is 10.1. The minimum atomic E-state index is -0.300. The number of piperazine rings is 1. The van der Waals surface area contributed by atoms with Gasteiger partial charge < -0.3 is 9.80 Å². The molecule has 7 nitrogen and oxygen atoms in total. The summed E-state index contributed by atoms with van der Waals surface area (Å²) in [6, 6.07) is 11.2. The molecule has 1 amide bonds. The van der Waals surface area contributed by atoms with Crippen LogP contribution < -0.4 is 4.90 Å². The largest absolute Gasteiger partial charge is 0.366 e. The molecule has 0 atom stereocenters. The zero-order chi connectivity index (χ0) is 20.4. The highest BCUT2D eigenvalue weighted by molar-refractivity contribution is 5.76. The fraction of sp³-hybridized carbons (Fsp3) is 0.300. The average molecular weight is 398 g/mol. The second-order valence-electron chi connectivity index (χ2n) is 6.93. The van der Waals surface area contributed by atoms with E-state index in [0.717, 1.165) is 0 Å². The van der Waals surface area contributed by atoms with Gasteiger partial charge in [-0.15, -0.1) is 10.2 Å². The van der Waals surface area contributed by atoms with Crippen molar-refractivity contribution in [3.63, 3.8) is 0 Å². The maximum atomic E-state index is 13.9. The highest BCUT2D eigenvalue weighted by Gasteiger charge is 2.23. The monoisotopic (exact) mass is 398 g/mol. The smallest absolute Gasteiger partial charge is 0.246 e. The van der Waals surface area contributed by atoms with Crippen LogP contribution >= 0.6 is 0 Å². The van der Waals surface area contributed by atoms with Gasteiger partial charge in [-0.3, -0.25) is 4.79 Å². The molecule has 0 spiro atoms. The number of halogens is 2. The second kappa shape index (κ2) is 7.94. The second-order valence-corrected chi connectivity index (χ2v) is 6.93. The fourth-order valence-corrected chi connectivity index (χ4v) is 3.34. The highest BCUT2D eigenvalue weighted by Crippen LogP contribution is 2.20. The van der Waals surface area contributed by atoms with Crippen LogP contribution in [0, 0.1) is 18.6 Å². The van der Waals surface area contributed by atoms with Crippen LogP contribution in [-0.4, -0.2) is 57.2 Å². The predicted octanol–water partition coefficient (Wildman–Crippen LogP) is 2.28. The Morgan fingerprint density at radius 1 is 1.03 bits per heavy atom. The van der Waals surface area contributed by atoms with Crippen molar-refractivity contribution in [2.24, 2.45) is 0 Å². The number of carbonyl (C=O) groups is 1. The van der Waals surface area contributed by atoms with E-state index in [1.165, 1.54) is 16.9 Å². The number of hydrogen-bond acceptors (Lipinski definition) is 5. The maximum Gasteiger partial charge on any atom is 0.246 e. The van der Waals surface area contributed by atoms with Gasteiger partial charge in [0, 0.05) is 31.7 Å². The number of rotatable bonds is 4. The Hall–Kier alpha value is -3.36. The molecule has 1 aromatic heterocycles. The lowest BCUT2D eigenvalue weighted by molar-refractivity contribution is -0.132. The summed E-state index contributed by atoms with van der Waals surface area (Å²) in [6.45, 7) is 3.72. The third-order valence-electron chi connectivity index (χ3n) is 4.97. The summed E-state index contributed by atoms with van der Waals surface area (Å²) < 4.78 is 27.4. The standard InChI is InChI=1S/C20H20F2N6O/c1-14-12-15(6-7-16(14)21)20-23-25-28(24-20)13-19(29)27-10-8-26(9-11-27)18-5-3-2-4-17(18)22/h2-7,12H,8-11,13H2,1H3. The van der Waals surface area contributed by atoms with Gasteiger partial charge in [-0.2, -0.15) is 4.80 Å². The number of carbonyl (C=O) groups excluding carboxylic acids is 1. The number of aryl methyl sites for hydroxylation is 1. The van der Waals surface area contributed by atoms with Gasteiger partial charge in [0.05, 0.1) is 5.69 Å². The zero-order valence-electron chi connectivity index (χ0n) is 15.9. The van der Waals surface area contributed by atoms with E-state index in [4.69, 9.17) is 0 Å². The van der Waals surface area contributed by atoms with E-state index in [2.05, 4.69) is 15.4 Å². The van der Waals surface area contributed by atoms with Crippen molar-refractivity contribution in [3.05, 3.63) is 59.7 Å². The van der Waals surface area contributed by atoms with Gasteiger partial charge in [0.1, 0.15) is 18.2 Å². The summed E-state index contributed by atoms with van der Waals surface area (Å²) in [6.07, 6.45) is 0. The molecule has 2 heterocycles. The Morgan fingerprint density at radius 3 is 2.52 bits per heavy atom. The van der Waals surface area contributed by atoms with E-state index in [0.29, 0.717) is 48.8 Å². The summed E-state index contributed by atoms with van der Waals surface area (Å²) in [7, 11) is 0. The Labute approximate surface area is 166 Å². The molecule has 0 N–H and O–H groups in total. The summed E-state index contributed by atoms with van der Waals surface area (Å²) in [5.41, 5.74) is 1.68. The molecular weight excluding hydrogens is 378 g/mol. The van der Waals surface area contributed by atoms with Gasteiger partial charge in [0.15, 0.2) is 0 Å². The van der Waals surface area contributed by atoms with E-state index in [-0.39, 0.29) is 24.1 Å². The number of amides is 1. The normalized spacial score (nSPS) is 14.3. The lowest BCUT2D eigenvalue weighted by Crippen LogP contribution is -2.50. The molecular formula is C20H20F2N6O. The highest BCUT2D eigenvalue weighted by atomic mass is 19.1. The van der Waals surface area contributed by atoms with Crippen LogP contribution in [0.2, 0.25) is 0 Å². The zero-order valence-corrected chi connectivity index (χ0v) is 15.9. The van der Waals surface area contributed by atoms with Crippen molar-refractivity contribution < 1.29 is 13.6 Å². The molecule has 1 fully saturated rings. The van der Waals surface area contributed by atoms with Crippen LogP contribution in [0.25, 0.3) is 11.4 Å². The molecule has 1 saturated heterocycles. The molecule has 0 aliphatic carbocycles. The number of anilines is 1. The van der Waals surface area contributed by atoms with E-state index in [1.54, 1.807) is 42.2 Å². The van der Waals surface area contributed by atoms with Crippen LogP contribution in [0.1, 0.15) is 5.56 Å². The van der Waals surface area contributed by atoms with Crippen LogP contribution in [0.4, 0.5) is 14.5 Å². The van der Waals surface area contributed by atoms with E-state index < -0.39 is 0 Å². The summed E-state index contributed by atoms with van der Waals surface area (Å²) in [4.78, 5) is 17.5. The van der Waals surface area contributed by atoms with Crippen molar-refractivity contribution in [2.75, 3.05) is 31.1 Å². The first-order chi connectivity index (χ1) is 14.0.